The zero-order valence-electron chi connectivity index (χ0n) is 9.22. The number of carbonyl (C=O) groups is 1. The molecule has 2 aliphatic rings. The molecule has 0 aromatic carbocycles. The van der Waals surface area contributed by atoms with Gasteiger partial charge in [-0.2, -0.15) is 0 Å². The lowest BCUT2D eigenvalue weighted by Gasteiger charge is -2.33. The number of hydrogen-bond donors (Lipinski definition) is 0. The Labute approximate surface area is 96.2 Å². The van der Waals surface area contributed by atoms with Crippen molar-refractivity contribution >= 4 is 6.29 Å². The van der Waals surface area contributed by atoms with Crippen molar-refractivity contribution < 1.29 is 19.0 Å². The molecule has 87 valence electrons. The quantitative estimate of drug-likeness (QED) is 0.659. The van der Waals surface area contributed by atoms with E-state index in [0.717, 1.165) is 18.6 Å². The first-order valence-corrected chi connectivity index (χ1v) is 5.32. The van der Waals surface area contributed by atoms with Crippen molar-refractivity contribution in [2.75, 3.05) is 20.3 Å². The molecule has 5 radical (unpaired) electrons. The summed E-state index contributed by atoms with van der Waals surface area (Å²) in [6.07, 6.45) is 6.68. The van der Waals surface area contributed by atoms with Gasteiger partial charge in [-0.05, 0) is 25.7 Å². The third-order valence-electron chi connectivity index (χ3n) is 2.64. The molecular weight excluding hydrogens is 208 g/mol. The maximum absolute atomic E-state index is 10.8. The molecule has 1 saturated heterocycles. The predicted octanol–water partition coefficient (Wildman–Crippen LogP) is 0.739. The van der Waals surface area contributed by atoms with Gasteiger partial charge < -0.3 is 19.0 Å². The fourth-order valence-electron chi connectivity index (χ4n) is 1.83. The van der Waals surface area contributed by atoms with Crippen molar-refractivity contribution in [3.8, 4) is 0 Å². The van der Waals surface area contributed by atoms with E-state index in [1.54, 1.807) is 13.5 Å². The molecule has 0 bridgehead atoms. The standard InChI is InChI=1S/C12H15O4/c1-14-8-10-5-6-15-12(16-10)11-4-2-3-9(11)7-13/h2-4,7,10,12H,5-6,8H2,1H3/t10-,12-/m0/s1. The Bertz CT molecular complexity index is 229. The average molecular weight is 223 g/mol. The molecule has 1 saturated carbocycles. The molecule has 1 heterocycles. The second-order valence-corrected chi connectivity index (χ2v) is 3.76. The third kappa shape index (κ3) is 2.62. The molecular formula is C12H15O4. The lowest BCUT2D eigenvalue weighted by Crippen LogP contribution is -2.39. The molecule has 4 nitrogen and oxygen atoms in total. The van der Waals surface area contributed by atoms with Crippen LogP contribution in [-0.4, -0.2) is 39.0 Å². The van der Waals surface area contributed by atoms with Crippen LogP contribution in [0.25, 0.3) is 0 Å². The second-order valence-electron chi connectivity index (χ2n) is 3.76. The molecule has 1 aliphatic heterocycles. The van der Waals surface area contributed by atoms with Crippen LogP contribution in [0.15, 0.2) is 0 Å². The van der Waals surface area contributed by atoms with Crippen LogP contribution in [-0.2, 0) is 19.0 Å². The van der Waals surface area contributed by atoms with Crippen LogP contribution in [0.1, 0.15) is 6.42 Å². The van der Waals surface area contributed by atoms with Gasteiger partial charge in [-0.3, -0.25) is 0 Å². The van der Waals surface area contributed by atoms with Crippen LogP contribution in [0.4, 0.5) is 0 Å². The molecule has 0 N–H and O–H groups in total. The fraction of sp³-hybridized carbons (Fsp3) is 0.500. The van der Waals surface area contributed by atoms with Crippen molar-refractivity contribution in [2.24, 2.45) is 0 Å². The summed E-state index contributed by atoms with van der Waals surface area (Å²) in [4.78, 5) is 10.8. The number of ether oxygens (including phenoxy) is 3. The van der Waals surface area contributed by atoms with Crippen molar-refractivity contribution in [1.29, 1.82) is 0 Å². The van der Waals surface area contributed by atoms with Gasteiger partial charge in [-0.25, -0.2) is 0 Å². The smallest absolute Gasteiger partial charge is 0.165 e. The highest BCUT2D eigenvalue weighted by Crippen LogP contribution is 2.37. The van der Waals surface area contributed by atoms with Crippen LogP contribution in [0.3, 0.4) is 0 Å². The van der Waals surface area contributed by atoms with Crippen molar-refractivity contribution in [1.82, 2.24) is 0 Å². The van der Waals surface area contributed by atoms with E-state index in [1.807, 2.05) is 12.8 Å². The molecule has 0 aromatic heterocycles. The van der Waals surface area contributed by atoms with E-state index in [4.69, 9.17) is 14.2 Å². The van der Waals surface area contributed by atoms with Gasteiger partial charge >= 0.3 is 0 Å². The minimum Gasteiger partial charge on any atom is -0.382 e. The molecule has 0 amide bonds. The molecule has 16 heavy (non-hydrogen) atoms. The summed E-state index contributed by atoms with van der Waals surface area (Å²) in [6, 6.07) is 0. The summed E-state index contributed by atoms with van der Waals surface area (Å²) < 4.78 is 16.3. The van der Waals surface area contributed by atoms with Gasteiger partial charge in [0.2, 0.25) is 0 Å². The Morgan fingerprint density at radius 3 is 3.19 bits per heavy atom. The molecule has 0 unspecified atom stereocenters. The molecule has 0 spiro atoms. The number of rotatable bonds is 4. The zero-order chi connectivity index (χ0) is 11.4. The highest BCUT2D eigenvalue weighted by atomic mass is 16.7. The Morgan fingerprint density at radius 2 is 2.44 bits per heavy atom. The van der Waals surface area contributed by atoms with E-state index in [9.17, 15) is 4.79 Å². The van der Waals surface area contributed by atoms with Crippen molar-refractivity contribution in [2.45, 2.75) is 18.8 Å². The molecule has 2 rings (SSSR count). The molecule has 1 aliphatic carbocycles. The first kappa shape index (κ1) is 12.0. The Hall–Kier alpha value is -0.450. The van der Waals surface area contributed by atoms with Gasteiger partial charge in [0.15, 0.2) is 6.29 Å². The highest BCUT2D eigenvalue weighted by molar-refractivity contribution is 5.81. The Kier molecular flexibility index (Phi) is 4.32. The van der Waals surface area contributed by atoms with E-state index in [2.05, 4.69) is 0 Å². The van der Waals surface area contributed by atoms with Gasteiger partial charge in [0, 0.05) is 7.11 Å². The van der Waals surface area contributed by atoms with Gasteiger partial charge in [0.1, 0.15) is 6.29 Å². The zero-order valence-corrected chi connectivity index (χ0v) is 9.22. The van der Waals surface area contributed by atoms with Gasteiger partial charge in [-0.15, -0.1) is 0 Å². The van der Waals surface area contributed by atoms with Gasteiger partial charge in [0.05, 0.1) is 31.2 Å². The topological polar surface area (TPSA) is 44.8 Å². The lowest BCUT2D eigenvalue weighted by molar-refractivity contribution is -0.210. The third-order valence-corrected chi connectivity index (χ3v) is 2.64. The summed E-state index contributed by atoms with van der Waals surface area (Å²) >= 11 is 0. The maximum atomic E-state index is 10.8. The normalized spacial score (nSPS) is 33.1. The second kappa shape index (κ2) is 5.75. The minimum absolute atomic E-state index is 0.0400. The van der Waals surface area contributed by atoms with Crippen LogP contribution in [0, 0.1) is 31.1 Å². The monoisotopic (exact) mass is 223 g/mol. The largest absolute Gasteiger partial charge is 0.382 e. The Morgan fingerprint density at radius 1 is 1.56 bits per heavy atom. The maximum Gasteiger partial charge on any atom is 0.165 e. The predicted molar refractivity (Wildman–Crippen MR) is 56.6 cm³/mol. The van der Waals surface area contributed by atoms with Crippen LogP contribution < -0.4 is 0 Å². The summed E-state index contributed by atoms with van der Waals surface area (Å²) in [6.45, 7) is 1.18. The number of methoxy groups -OCH3 is 1. The lowest BCUT2D eigenvalue weighted by atomic mass is 9.96. The van der Waals surface area contributed by atoms with E-state index in [0.29, 0.717) is 19.1 Å². The van der Waals surface area contributed by atoms with E-state index < -0.39 is 6.29 Å². The van der Waals surface area contributed by atoms with E-state index in [-0.39, 0.29) is 6.10 Å². The van der Waals surface area contributed by atoms with Crippen LogP contribution in [0.2, 0.25) is 0 Å². The summed E-state index contributed by atoms with van der Waals surface area (Å²) in [7, 11) is 1.65. The van der Waals surface area contributed by atoms with E-state index in [1.165, 1.54) is 0 Å². The number of aldehydes is 1. The molecule has 2 atom stereocenters. The average Bonchev–Trinajstić information content (AvgIpc) is 2.78. The SMILES string of the molecule is COC[C@@H]1CCO[C@H]([C]2[CH][CH][CH][C]2C=O)O1. The first-order chi connectivity index (χ1) is 7.85. The molecule has 0 aromatic rings. The fourth-order valence-corrected chi connectivity index (χ4v) is 1.83. The minimum atomic E-state index is -0.441. The Balaban J connectivity index is 1.90. The summed E-state index contributed by atoms with van der Waals surface area (Å²) in [5.74, 6) is 1.43. The van der Waals surface area contributed by atoms with Gasteiger partial charge in [-0.1, -0.05) is 0 Å². The molecule has 2 fully saturated rings. The molecule has 4 heteroatoms. The van der Waals surface area contributed by atoms with Crippen molar-refractivity contribution in [3.05, 3.63) is 31.1 Å². The van der Waals surface area contributed by atoms with Crippen LogP contribution in [0.5, 0.6) is 0 Å². The summed E-state index contributed by atoms with van der Waals surface area (Å²) in [5.41, 5.74) is 0. The van der Waals surface area contributed by atoms with Gasteiger partial charge in [0.25, 0.3) is 0 Å². The van der Waals surface area contributed by atoms with E-state index >= 15 is 0 Å². The first-order valence-electron chi connectivity index (χ1n) is 5.32. The number of carbonyl (C=O) groups excluding carboxylic acids is 1. The summed E-state index contributed by atoms with van der Waals surface area (Å²) in [5, 5.41) is 0. The highest BCUT2D eigenvalue weighted by Gasteiger charge is 2.39. The number of hydrogen-bond acceptors (Lipinski definition) is 4. The van der Waals surface area contributed by atoms with Crippen LogP contribution >= 0.6 is 0 Å². The van der Waals surface area contributed by atoms with Crippen molar-refractivity contribution in [3.63, 3.8) is 0 Å².